The summed E-state index contributed by atoms with van der Waals surface area (Å²) in [5.41, 5.74) is 2.44. The second-order valence-electron chi connectivity index (χ2n) is 9.52. The fourth-order valence-electron chi connectivity index (χ4n) is 4.03. The maximum Gasteiger partial charge on any atom is 0.228 e. The Morgan fingerprint density at radius 3 is 2.29 bits per heavy atom. The number of benzene rings is 2. The van der Waals surface area contributed by atoms with Crippen LogP contribution in [-0.4, -0.2) is 57.2 Å². The number of piperazine rings is 1. The second kappa shape index (κ2) is 10.7. The third-order valence-corrected chi connectivity index (χ3v) is 5.93. The summed E-state index contributed by atoms with van der Waals surface area (Å²) in [5, 5.41) is 3.18. The first-order valence-corrected chi connectivity index (χ1v) is 11.3. The lowest BCUT2D eigenvalue weighted by atomic mass is 9.92. The molecule has 3 rings (SSSR count). The number of anilines is 1. The van der Waals surface area contributed by atoms with E-state index in [1.807, 2.05) is 30.3 Å². The number of carbonyl (C=O) groups is 1. The third kappa shape index (κ3) is 6.73. The van der Waals surface area contributed by atoms with Gasteiger partial charge in [0.05, 0.1) is 18.7 Å². The first kappa shape index (κ1) is 23.1. The van der Waals surface area contributed by atoms with Crippen LogP contribution in [0.25, 0.3) is 0 Å². The molecule has 0 bridgehead atoms. The predicted molar refractivity (Wildman–Crippen MR) is 128 cm³/mol. The van der Waals surface area contributed by atoms with Gasteiger partial charge < -0.3 is 15.0 Å². The van der Waals surface area contributed by atoms with E-state index in [1.165, 1.54) is 0 Å². The van der Waals surface area contributed by atoms with E-state index < -0.39 is 0 Å². The van der Waals surface area contributed by atoms with Gasteiger partial charge in [0.25, 0.3) is 0 Å². The van der Waals surface area contributed by atoms with Gasteiger partial charge in [0.2, 0.25) is 5.91 Å². The summed E-state index contributed by atoms with van der Waals surface area (Å²) in [6.45, 7) is 11.8. The van der Waals surface area contributed by atoms with Crippen LogP contribution in [0, 0.1) is 5.41 Å². The standard InChI is InChI=1S/C26H37N3O2/c1-26(2,3)14-15-27-25(30)22(21-10-6-5-7-11-21)20-28-16-18-29(19-17-28)23-12-8-9-13-24(23)31-4/h5-13,22H,14-20H2,1-4H3,(H,27,30). The van der Waals surface area contributed by atoms with Gasteiger partial charge in [-0.05, 0) is 29.5 Å². The molecular weight excluding hydrogens is 386 g/mol. The van der Waals surface area contributed by atoms with Crippen molar-refractivity contribution in [3.63, 3.8) is 0 Å². The number of hydrogen-bond donors (Lipinski definition) is 1. The number of para-hydroxylation sites is 2. The lowest BCUT2D eigenvalue weighted by Crippen LogP contribution is -2.49. The molecule has 2 aromatic rings. The van der Waals surface area contributed by atoms with Crippen molar-refractivity contribution in [3.8, 4) is 5.75 Å². The summed E-state index contributed by atoms with van der Waals surface area (Å²) in [6, 6.07) is 18.4. The highest BCUT2D eigenvalue weighted by Crippen LogP contribution is 2.29. The number of methoxy groups -OCH3 is 1. The molecule has 1 N–H and O–H groups in total. The van der Waals surface area contributed by atoms with Crippen LogP contribution < -0.4 is 15.0 Å². The van der Waals surface area contributed by atoms with E-state index in [-0.39, 0.29) is 17.2 Å². The minimum Gasteiger partial charge on any atom is -0.495 e. The number of nitrogens with one attached hydrogen (secondary N) is 1. The monoisotopic (exact) mass is 423 g/mol. The van der Waals surface area contributed by atoms with E-state index in [4.69, 9.17) is 4.74 Å². The number of rotatable bonds is 8. The van der Waals surface area contributed by atoms with Crippen LogP contribution in [0.2, 0.25) is 0 Å². The summed E-state index contributed by atoms with van der Waals surface area (Å²) in [6.07, 6.45) is 0.970. The average molecular weight is 424 g/mol. The summed E-state index contributed by atoms with van der Waals surface area (Å²) >= 11 is 0. The summed E-state index contributed by atoms with van der Waals surface area (Å²) in [5.74, 6) is 0.887. The van der Waals surface area contributed by atoms with Crippen molar-refractivity contribution < 1.29 is 9.53 Å². The Balaban J connectivity index is 1.62. The predicted octanol–water partition coefficient (Wildman–Crippen LogP) is 4.15. The van der Waals surface area contributed by atoms with Gasteiger partial charge in [-0.1, -0.05) is 63.2 Å². The number of amides is 1. The maximum atomic E-state index is 13.1. The molecule has 1 amide bonds. The Morgan fingerprint density at radius 1 is 1.00 bits per heavy atom. The summed E-state index contributed by atoms with van der Waals surface area (Å²) in [4.78, 5) is 17.9. The third-order valence-electron chi connectivity index (χ3n) is 5.93. The van der Waals surface area contributed by atoms with Crippen LogP contribution in [0.4, 0.5) is 5.69 Å². The highest BCUT2D eigenvalue weighted by molar-refractivity contribution is 5.83. The van der Waals surface area contributed by atoms with Crippen LogP contribution in [0.1, 0.15) is 38.7 Å². The van der Waals surface area contributed by atoms with Gasteiger partial charge in [-0.2, -0.15) is 0 Å². The highest BCUT2D eigenvalue weighted by atomic mass is 16.5. The van der Waals surface area contributed by atoms with E-state index in [1.54, 1.807) is 7.11 Å². The van der Waals surface area contributed by atoms with Crippen LogP contribution in [0.15, 0.2) is 54.6 Å². The largest absolute Gasteiger partial charge is 0.495 e. The Bertz CT molecular complexity index is 824. The summed E-state index contributed by atoms with van der Waals surface area (Å²) in [7, 11) is 1.72. The zero-order valence-corrected chi connectivity index (χ0v) is 19.4. The van der Waals surface area contributed by atoms with Gasteiger partial charge in [0.1, 0.15) is 5.75 Å². The van der Waals surface area contributed by atoms with E-state index in [2.05, 4.69) is 60.2 Å². The quantitative estimate of drug-likeness (QED) is 0.693. The first-order valence-electron chi connectivity index (χ1n) is 11.3. The van der Waals surface area contributed by atoms with Crippen molar-refractivity contribution in [1.82, 2.24) is 10.2 Å². The summed E-state index contributed by atoms with van der Waals surface area (Å²) < 4.78 is 5.53. The Kier molecular flexibility index (Phi) is 7.97. The molecule has 0 aromatic heterocycles. The first-order chi connectivity index (χ1) is 14.9. The molecule has 5 heteroatoms. The van der Waals surface area contributed by atoms with Crippen molar-refractivity contribution in [2.24, 2.45) is 5.41 Å². The van der Waals surface area contributed by atoms with Crippen molar-refractivity contribution in [2.45, 2.75) is 33.1 Å². The molecule has 0 saturated carbocycles. The fourth-order valence-corrected chi connectivity index (χ4v) is 4.03. The van der Waals surface area contributed by atoms with Crippen LogP contribution in [-0.2, 0) is 4.79 Å². The number of ether oxygens (including phenoxy) is 1. The van der Waals surface area contributed by atoms with E-state index in [0.717, 1.165) is 56.1 Å². The highest BCUT2D eigenvalue weighted by Gasteiger charge is 2.27. The second-order valence-corrected chi connectivity index (χ2v) is 9.52. The number of carbonyl (C=O) groups excluding carboxylic acids is 1. The Morgan fingerprint density at radius 2 is 1.65 bits per heavy atom. The van der Waals surface area contributed by atoms with E-state index in [9.17, 15) is 4.79 Å². The average Bonchev–Trinajstić information content (AvgIpc) is 2.77. The molecule has 1 atom stereocenters. The fraction of sp³-hybridized carbons (Fsp3) is 0.500. The van der Waals surface area contributed by atoms with Crippen LogP contribution >= 0.6 is 0 Å². The lowest BCUT2D eigenvalue weighted by molar-refractivity contribution is -0.123. The molecule has 1 heterocycles. The van der Waals surface area contributed by atoms with Gasteiger partial charge in [0.15, 0.2) is 0 Å². The van der Waals surface area contributed by atoms with Crippen LogP contribution in [0.3, 0.4) is 0 Å². The van der Waals surface area contributed by atoms with Crippen molar-refractivity contribution in [1.29, 1.82) is 0 Å². The molecular formula is C26H37N3O2. The topological polar surface area (TPSA) is 44.8 Å². The van der Waals surface area contributed by atoms with Gasteiger partial charge in [-0.3, -0.25) is 9.69 Å². The minimum absolute atomic E-state index is 0.127. The zero-order chi connectivity index (χ0) is 22.3. The van der Waals surface area contributed by atoms with Gasteiger partial charge in [-0.15, -0.1) is 0 Å². The van der Waals surface area contributed by atoms with Gasteiger partial charge in [0, 0.05) is 39.3 Å². The molecule has 0 radical (unpaired) electrons. The molecule has 1 fully saturated rings. The Hall–Kier alpha value is -2.53. The molecule has 1 aliphatic rings. The van der Waals surface area contributed by atoms with Crippen molar-refractivity contribution in [2.75, 3.05) is 51.3 Å². The number of nitrogens with zero attached hydrogens (tertiary/aromatic N) is 2. The normalized spacial score (nSPS) is 16.1. The SMILES string of the molecule is COc1ccccc1N1CCN(CC(C(=O)NCCC(C)(C)C)c2ccccc2)CC1. The van der Waals surface area contributed by atoms with E-state index >= 15 is 0 Å². The zero-order valence-electron chi connectivity index (χ0n) is 19.4. The van der Waals surface area contributed by atoms with Gasteiger partial charge >= 0.3 is 0 Å². The smallest absolute Gasteiger partial charge is 0.228 e. The lowest BCUT2D eigenvalue weighted by Gasteiger charge is -2.38. The van der Waals surface area contributed by atoms with E-state index in [0.29, 0.717) is 6.54 Å². The molecule has 0 spiro atoms. The van der Waals surface area contributed by atoms with Crippen LogP contribution in [0.5, 0.6) is 5.75 Å². The molecule has 2 aromatic carbocycles. The number of hydrogen-bond acceptors (Lipinski definition) is 4. The molecule has 1 aliphatic heterocycles. The minimum atomic E-state index is -0.154. The van der Waals surface area contributed by atoms with Crippen molar-refractivity contribution in [3.05, 3.63) is 60.2 Å². The molecule has 1 saturated heterocycles. The molecule has 1 unspecified atom stereocenters. The molecule has 168 valence electrons. The Labute approximate surface area is 187 Å². The molecule has 0 aliphatic carbocycles. The molecule has 31 heavy (non-hydrogen) atoms. The maximum absolute atomic E-state index is 13.1. The van der Waals surface area contributed by atoms with Gasteiger partial charge in [-0.25, -0.2) is 0 Å². The molecule has 5 nitrogen and oxygen atoms in total. The van der Waals surface area contributed by atoms with Crippen molar-refractivity contribution >= 4 is 11.6 Å².